The lowest BCUT2D eigenvalue weighted by Crippen LogP contribution is -2.17. The maximum atomic E-state index is 10.9. The fourth-order valence-electron chi connectivity index (χ4n) is 2.87. The molecule has 3 aromatic rings. The molecule has 1 unspecified atom stereocenters. The molecule has 1 fully saturated rings. The summed E-state index contributed by atoms with van der Waals surface area (Å²) in [6.45, 7) is 0.730. The van der Waals surface area contributed by atoms with E-state index in [1.54, 1.807) is 24.7 Å². The smallest absolute Gasteiger partial charge is 0.271 e. The van der Waals surface area contributed by atoms with E-state index in [9.17, 15) is 10.1 Å². The van der Waals surface area contributed by atoms with Crippen LogP contribution in [-0.2, 0) is 4.74 Å². The molecule has 0 radical (unpaired) electrons. The van der Waals surface area contributed by atoms with Crippen LogP contribution in [0, 0.1) is 10.1 Å². The Morgan fingerprint density at radius 3 is 3.04 bits per heavy atom. The van der Waals surface area contributed by atoms with Crippen molar-refractivity contribution in [2.45, 2.75) is 25.5 Å². The molecule has 25 heavy (non-hydrogen) atoms. The van der Waals surface area contributed by atoms with E-state index < -0.39 is 4.92 Å². The quantitative estimate of drug-likeness (QED) is 0.574. The maximum Gasteiger partial charge on any atom is 0.271 e. The number of ether oxygens (including phenoxy) is 1. The lowest BCUT2D eigenvalue weighted by atomic mass is 10.2. The Morgan fingerprint density at radius 2 is 2.24 bits per heavy atom. The van der Waals surface area contributed by atoms with Crippen LogP contribution in [0.25, 0.3) is 11.2 Å². The van der Waals surface area contributed by atoms with Crippen molar-refractivity contribution in [3.8, 4) is 0 Å². The molecule has 9 nitrogen and oxygen atoms in total. The highest BCUT2D eigenvalue weighted by Crippen LogP contribution is 2.26. The number of nitro groups is 1. The molecule has 9 heteroatoms. The van der Waals surface area contributed by atoms with Crippen LogP contribution >= 0.6 is 0 Å². The Labute approximate surface area is 142 Å². The molecule has 1 saturated heterocycles. The van der Waals surface area contributed by atoms with Gasteiger partial charge >= 0.3 is 0 Å². The lowest BCUT2D eigenvalue weighted by Gasteiger charge is -2.23. The molecule has 0 bridgehead atoms. The Kier molecular flexibility index (Phi) is 3.98. The van der Waals surface area contributed by atoms with E-state index in [4.69, 9.17) is 4.74 Å². The second kappa shape index (κ2) is 6.44. The third-order valence-electron chi connectivity index (χ3n) is 4.09. The summed E-state index contributed by atoms with van der Waals surface area (Å²) in [5.41, 5.74) is 1.91. The summed E-state index contributed by atoms with van der Waals surface area (Å²) < 4.78 is 7.71. The Bertz CT molecular complexity index is 919. The molecule has 2 aromatic heterocycles. The molecule has 128 valence electrons. The summed E-state index contributed by atoms with van der Waals surface area (Å²) in [5, 5.41) is 13.9. The van der Waals surface area contributed by atoms with E-state index in [-0.39, 0.29) is 11.9 Å². The van der Waals surface area contributed by atoms with Crippen LogP contribution in [0.5, 0.6) is 0 Å². The average Bonchev–Trinajstić information content (AvgIpc) is 3.06. The standard InChI is InChI=1S/C16H16N6O3/c23-22(24)12-5-3-4-11(8-12)19-16-17-9-13-15(20-16)21(10-18-13)14-6-1-2-7-25-14/h3-5,8-10,14H,1-2,6-7H2,(H,17,19,20). The SMILES string of the molecule is O=[N+]([O-])c1cccc(Nc2ncc3ncn(C4CCCCO4)c3n2)c1. The van der Waals surface area contributed by atoms with Gasteiger partial charge < -0.3 is 10.1 Å². The molecule has 1 aliphatic heterocycles. The zero-order chi connectivity index (χ0) is 17.2. The van der Waals surface area contributed by atoms with Crippen molar-refractivity contribution in [2.75, 3.05) is 11.9 Å². The minimum Gasteiger partial charge on any atom is -0.358 e. The van der Waals surface area contributed by atoms with Crippen molar-refractivity contribution in [2.24, 2.45) is 0 Å². The van der Waals surface area contributed by atoms with E-state index in [0.29, 0.717) is 22.8 Å². The molecule has 0 spiro atoms. The van der Waals surface area contributed by atoms with Crippen molar-refractivity contribution in [1.29, 1.82) is 0 Å². The third-order valence-corrected chi connectivity index (χ3v) is 4.09. The van der Waals surface area contributed by atoms with Crippen LogP contribution < -0.4 is 5.32 Å². The summed E-state index contributed by atoms with van der Waals surface area (Å²) in [4.78, 5) is 23.5. The summed E-state index contributed by atoms with van der Waals surface area (Å²) in [7, 11) is 0. The van der Waals surface area contributed by atoms with Crippen LogP contribution in [0.3, 0.4) is 0 Å². The van der Waals surface area contributed by atoms with Crippen LogP contribution in [0.2, 0.25) is 0 Å². The molecule has 1 atom stereocenters. The fraction of sp³-hybridized carbons (Fsp3) is 0.312. The number of nitro benzene ring substituents is 1. The highest BCUT2D eigenvalue weighted by molar-refractivity contribution is 5.72. The molecule has 0 saturated carbocycles. The molecule has 1 aliphatic rings. The normalized spacial score (nSPS) is 17.5. The zero-order valence-electron chi connectivity index (χ0n) is 13.3. The topological polar surface area (TPSA) is 108 Å². The van der Waals surface area contributed by atoms with Crippen LogP contribution in [-0.4, -0.2) is 31.0 Å². The van der Waals surface area contributed by atoms with Crippen molar-refractivity contribution in [3.63, 3.8) is 0 Å². The first-order valence-electron chi connectivity index (χ1n) is 8.03. The largest absolute Gasteiger partial charge is 0.358 e. The number of nitrogens with zero attached hydrogens (tertiary/aromatic N) is 5. The van der Waals surface area contributed by atoms with E-state index >= 15 is 0 Å². The number of aromatic nitrogens is 4. The van der Waals surface area contributed by atoms with Crippen LogP contribution in [0.4, 0.5) is 17.3 Å². The highest BCUT2D eigenvalue weighted by Gasteiger charge is 2.19. The van der Waals surface area contributed by atoms with Gasteiger partial charge in [-0.1, -0.05) is 6.07 Å². The summed E-state index contributed by atoms with van der Waals surface area (Å²) in [6.07, 6.45) is 6.36. The van der Waals surface area contributed by atoms with Crippen LogP contribution in [0.15, 0.2) is 36.8 Å². The monoisotopic (exact) mass is 340 g/mol. The number of fused-ring (bicyclic) bond motifs is 1. The van der Waals surface area contributed by atoms with Crippen molar-refractivity contribution in [1.82, 2.24) is 19.5 Å². The van der Waals surface area contributed by atoms with Gasteiger partial charge in [0.15, 0.2) is 5.65 Å². The van der Waals surface area contributed by atoms with Gasteiger partial charge in [-0.3, -0.25) is 14.7 Å². The van der Waals surface area contributed by atoms with E-state index in [1.807, 2.05) is 4.57 Å². The van der Waals surface area contributed by atoms with Gasteiger partial charge in [0.1, 0.15) is 11.7 Å². The molecule has 4 rings (SSSR count). The van der Waals surface area contributed by atoms with Gasteiger partial charge in [0.2, 0.25) is 5.95 Å². The van der Waals surface area contributed by atoms with Crippen LogP contribution in [0.1, 0.15) is 25.5 Å². The second-order valence-corrected chi connectivity index (χ2v) is 5.81. The Morgan fingerprint density at radius 1 is 1.32 bits per heavy atom. The first-order valence-corrected chi connectivity index (χ1v) is 8.03. The molecule has 0 aliphatic carbocycles. The number of benzene rings is 1. The summed E-state index contributed by atoms with van der Waals surface area (Å²) in [5.74, 6) is 0.352. The maximum absolute atomic E-state index is 10.9. The van der Waals surface area contributed by atoms with Crippen molar-refractivity contribution < 1.29 is 9.66 Å². The van der Waals surface area contributed by atoms with Gasteiger partial charge in [-0.2, -0.15) is 4.98 Å². The number of anilines is 2. The summed E-state index contributed by atoms with van der Waals surface area (Å²) >= 11 is 0. The first kappa shape index (κ1) is 15.5. The molecular weight excluding hydrogens is 324 g/mol. The van der Waals surface area contributed by atoms with Gasteiger partial charge in [0.05, 0.1) is 17.4 Å². The van der Waals surface area contributed by atoms with Gasteiger partial charge in [-0.05, 0) is 25.3 Å². The molecular formula is C16H16N6O3. The van der Waals surface area contributed by atoms with Crippen molar-refractivity contribution in [3.05, 3.63) is 46.9 Å². The zero-order valence-corrected chi connectivity index (χ0v) is 13.3. The Hall–Kier alpha value is -3.07. The van der Waals surface area contributed by atoms with Gasteiger partial charge in [-0.25, -0.2) is 9.97 Å². The summed E-state index contributed by atoms with van der Waals surface area (Å²) in [6, 6.07) is 6.21. The Balaban J connectivity index is 1.64. The minimum atomic E-state index is -0.440. The molecule has 3 heterocycles. The number of imidazole rings is 1. The van der Waals surface area contributed by atoms with Gasteiger partial charge in [0.25, 0.3) is 5.69 Å². The van der Waals surface area contributed by atoms with E-state index in [2.05, 4.69) is 20.3 Å². The number of hydrogen-bond acceptors (Lipinski definition) is 7. The van der Waals surface area contributed by atoms with Gasteiger partial charge in [0, 0.05) is 24.4 Å². The van der Waals surface area contributed by atoms with E-state index in [0.717, 1.165) is 25.9 Å². The minimum absolute atomic E-state index is 0.00623. The predicted molar refractivity (Wildman–Crippen MR) is 90.5 cm³/mol. The number of rotatable bonds is 4. The second-order valence-electron chi connectivity index (χ2n) is 5.81. The van der Waals surface area contributed by atoms with Crippen molar-refractivity contribution >= 4 is 28.5 Å². The molecule has 1 N–H and O–H groups in total. The van der Waals surface area contributed by atoms with Gasteiger partial charge in [-0.15, -0.1) is 0 Å². The third kappa shape index (κ3) is 3.13. The van der Waals surface area contributed by atoms with E-state index in [1.165, 1.54) is 12.1 Å². The number of nitrogens with one attached hydrogen (secondary N) is 1. The number of hydrogen-bond donors (Lipinski definition) is 1. The lowest BCUT2D eigenvalue weighted by molar-refractivity contribution is -0.384. The fourth-order valence-corrected chi connectivity index (χ4v) is 2.87. The first-order chi connectivity index (χ1) is 12.2. The number of non-ortho nitro benzene ring substituents is 1. The average molecular weight is 340 g/mol. The predicted octanol–water partition coefficient (Wildman–Crippen LogP) is 3.18. The molecule has 0 amide bonds. The highest BCUT2D eigenvalue weighted by atomic mass is 16.6. The molecule has 1 aromatic carbocycles.